The number of aromatic hydroxyl groups is 1. The first-order valence-electron chi connectivity index (χ1n) is 9.13. The molecule has 0 unspecified atom stereocenters. The Hall–Kier alpha value is -2.29. The summed E-state index contributed by atoms with van der Waals surface area (Å²) in [6, 6.07) is 11.0. The summed E-state index contributed by atoms with van der Waals surface area (Å²) in [6.45, 7) is 6.57. The zero-order valence-corrected chi connectivity index (χ0v) is 15.3. The van der Waals surface area contributed by atoms with Crippen LogP contribution in [0.5, 0.6) is 5.75 Å². The van der Waals surface area contributed by atoms with Gasteiger partial charge in [-0.05, 0) is 35.6 Å². The molecule has 1 N–H and O–H groups in total. The maximum atomic E-state index is 12.3. The van der Waals surface area contributed by atoms with E-state index >= 15 is 0 Å². The van der Waals surface area contributed by atoms with E-state index in [1.165, 1.54) is 19.3 Å². The Labute approximate surface area is 148 Å². The predicted octanol–water partition coefficient (Wildman–Crippen LogP) is 5.90. The van der Waals surface area contributed by atoms with Crippen molar-refractivity contribution >= 4 is 21.7 Å². The van der Waals surface area contributed by atoms with Crippen LogP contribution in [0.15, 0.2) is 45.6 Å². The van der Waals surface area contributed by atoms with Gasteiger partial charge in [0.05, 0.1) is 10.8 Å². The Bertz CT molecular complexity index is 951. The molecular formula is C22H26O3. The minimum Gasteiger partial charge on any atom is -0.507 e. The first-order valence-corrected chi connectivity index (χ1v) is 9.13. The molecule has 132 valence electrons. The summed E-state index contributed by atoms with van der Waals surface area (Å²) in [5, 5.41) is 12.5. The van der Waals surface area contributed by atoms with Gasteiger partial charge in [-0.1, -0.05) is 64.7 Å². The highest BCUT2D eigenvalue weighted by atomic mass is 16.4. The second kappa shape index (κ2) is 6.91. The zero-order chi connectivity index (χ0) is 18.0. The van der Waals surface area contributed by atoms with Gasteiger partial charge in [-0.2, -0.15) is 0 Å². The lowest BCUT2D eigenvalue weighted by Crippen LogP contribution is -2.17. The van der Waals surface area contributed by atoms with E-state index in [-0.39, 0.29) is 16.8 Å². The topological polar surface area (TPSA) is 50.4 Å². The summed E-state index contributed by atoms with van der Waals surface area (Å²) in [6.07, 6.45) is 5.88. The molecule has 0 radical (unpaired) electrons. The molecule has 1 aromatic heterocycles. The van der Waals surface area contributed by atoms with Crippen molar-refractivity contribution in [3.63, 3.8) is 0 Å². The maximum Gasteiger partial charge on any atom is 0.344 e. The summed E-state index contributed by atoms with van der Waals surface area (Å²) in [7, 11) is 0. The largest absolute Gasteiger partial charge is 0.507 e. The van der Waals surface area contributed by atoms with Crippen molar-refractivity contribution in [1.82, 2.24) is 0 Å². The van der Waals surface area contributed by atoms with Gasteiger partial charge in [0, 0.05) is 5.39 Å². The van der Waals surface area contributed by atoms with Crippen LogP contribution in [-0.2, 0) is 5.41 Å². The van der Waals surface area contributed by atoms with Crippen molar-refractivity contribution < 1.29 is 9.52 Å². The minimum atomic E-state index is -0.361. The van der Waals surface area contributed by atoms with Crippen LogP contribution in [0, 0.1) is 0 Å². The molecule has 1 heterocycles. The summed E-state index contributed by atoms with van der Waals surface area (Å²) >= 11 is 0. The molecule has 3 rings (SSSR count). The van der Waals surface area contributed by atoms with Gasteiger partial charge < -0.3 is 9.52 Å². The molecule has 2 aromatic carbocycles. The molecule has 0 bridgehead atoms. The van der Waals surface area contributed by atoms with Gasteiger partial charge >= 0.3 is 5.63 Å². The third-order valence-corrected chi connectivity index (χ3v) is 5.14. The number of hydrogen-bond donors (Lipinski definition) is 1. The van der Waals surface area contributed by atoms with Gasteiger partial charge in [-0.25, -0.2) is 4.79 Å². The van der Waals surface area contributed by atoms with E-state index in [2.05, 4.69) is 20.8 Å². The molecule has 0 amide bonds. The lowest BCUT2D eigenvalue weighted by atomic mass is 9.79. The Balaban J connectivity index is 2.07. The second-order valence-corrected chi connectivity index (χ2v) is 7.50. The number of benzene rings is 2. The number of hydrogen-bond acceptors (Lipinski definition) is 3. The van der Waals surface area contributed by atoms with Crippen molar-refractivity contribution in [2.75, 3.05) is 0 Å². The van der Waals surface area contributed by atoms with Crippen LogP contribution in [0.25, 0.3) is 21.7 Å². The van der Waals surface area contributed by atoms with E-state index in [1.54, 1.807) is 12.1 Å². The molecule has 25 heavy (non-hydrogen) atoms. The van der Waals surface area contributed by atoms with Crippen LogP contribution in [-0.4, -0.2) is 5.11 Å². The maximum absolute atomic E-state index is 12.3. The average Bonchev–Trinajstić information content (AvgIpc) is 2.58. The Kier molecular flexibility index (Phi) is 4.85. The summed E-state index contributed by atoms with van der Waals surface area (Å²) in [5.74, 6) is 0.175. The molecule has 3 heteroatoms. The van der Waals surface area contributed by atoms with Gasteiger partial charge in [0.25, 0.3) is 0 Å². The van der Waals surface area contributed by atoms with Gasteiger partial charge in [0.1, 0.15) is 11.3 Å². The Morgan fingerprint density at radius 3 is 2.48 bits per heavy atom. The van der Waals surface area contributed by atoms with E-state index in [0.717, 1.165) is 23.8 Å². The molecule has 0 saturated heterocycles. The molecule has 0 aliphatic carbocycles. The zero-order valence-electron chi connectivity index (χ0n) is 15.3. The highest BCUT2D eigenvalue weighted by molar-refractivity contribution is 6.07. The summed E-state index contributed by atoms with van der Waals surface area (Å²) < 4.78 is 5.52. The van der Waals surface area contributed by atoms with Crippen LogP contribution in [0.4, 0.5) is 0 Å². The van der Waals surface area contributed by atoms with E-state index in [9.17, 15) is 9.90 Å². The van der Waals surface area contributed by atoms with Crippen molar-refractivity contribution in [3.05, 3.63) is 52.4 Å². The highest BCUT2D eigenvalue weighted by Gasteiger charge is 2.23. The van der Waals surface area contributed by atoms with Crippen LogP contribution >= 0.6 is 0 Å². The summed E-state index contributed by atoms with van der Waals surface area (Å²) in [5.41, 5.74) is 1.03. The fourth-order valence-electron chi connectivity index (χ4n) is 3.51. The van der Waals surface area contributed by atoms with Crippen molar-refractivity contribution in [1.29, 1.82) is 0 Å². The Morgan fingerprint density at radius 2 is 1.76 bits per heavy atom. The fraction of sp³-hybridized carbons (Fsp3) is 0.409. The Morgan fingerprint density at radius 1 is 1.04 bits per heavy atom. The van der Waals surface area contributed by atoms with E-state index in [1.807, 2.05) is 24.3 Å². The highest BCUT2D eigenvalue weighted by Crippen LogP contribution is 2.37. The lowest BCUT2D eigenvalue weighted by Gasteiger charge is -2.26. The first-order chi connectivity index (χ1) is 11.9. The second-order valence-electron chi connectivity index (χ2n) is 7.50. The molecule has 0 saturated carbocycles. The number of phenols is 1. The molecule has 0 fully saturated rings. The van der Waals surface area contributed by atoms with Crippen LogP contribution in [0.1, 0.15) is 58.4 Å². The first kappa shape index (κ1) is 17.5. The molecule has 3 nitrogen and oxygen atoms in total. The van der Waals surface area contributed by atoms with Crippen LogP contribution in [0.3, 0.4) is 0 Å². The minimum absolute atomic E-state index is 0.0797. The number of unbranched alkanes of at least 4 members (excludes halogenated alkanes) is 3. The monoisotopic (exact) mass is 338 g/mol. The van der Waals surface area contributed by atoms with Crippen LogP contribution in [0.2, 0.25) is 0 Å². The summed E-state index contributed by atoms with van der Waals surface area (Å²) in [4.78, 5) is 12.3. The lowest BCUT2D eigenvalue weighted by molar-refractivity contribution is 0.437. The van der Waals surface area contributed by atoms with E-state index in [0.29, 0.717) is 16.4 Å². The SMILES string of the molecule is CCCCCCC(C)(C)c1cc(O)c2c(c1)oc(=O)c1ccccc12. The smallest absolute Gasteiger partial charge is 0.344 e. The van der Waals surface area contributed by atoms with Gasteiger partial charge in [-0.3, -0.25) is 0 Å². The van der Waals surface area contributed by atoms with E-state index in [4.69, 9.17) is 4.42 Å². The van der Waals surface area contributed by atoms with Crippen molar-refractivity contribution in [3.8, 4) is 5.75 Å². The third kappa shape index (κ3) is 3.41. The van der Waals surface area contributed by atoms with Gasteiger partial charge in [-0.15, -0.1) is 0 Å². The molecular weight excluding hydrogens is 312 g/mol. The van der Waals surface area contributed by atoms with Crippen LogP contribution < -0.4 is 5.63 Å². The van der Waals surface area contributed by atoms with Crippen molar-refractivity contribution in [2.45, 2.75) is 58.3 Å². The van der Waals surface area contributed by atoms with Gasteiger partial charge in [0.2, 0.25) is 0 Å². The number of fused-ring (bicyclic) bond motifs is 3. The third-order valence-electron chi connectivity index (χ3n) is 5.14. The standard InChI is InChI=1S/C22H26O3/c1-4-5-6-9-12-22(2,3)15-13-18(23)20-16-10-7-8-11-17(16)21(24)25-19(20)14-15/h7-8,10-11,13-14,23H,4-6,9,12H2,1-3H3. The van der Waals surface area contributed by atoms with E-state index < -0.39 is 0 Å². The molecule has 0 aliphatic heterocycles. The molecule has 0 aliphatic rings. The van der Waals surface area contributed by atoms with Gasteiger partial charge in [0.15, 0.2) is 0 Å². The predicted molar refractivity (Wildman–Crippen MR) is 103 cm³/mol. The quantitative estimate of drug-likeness (QED) is 0.346. The number of rotatable bonds is 6. The average molecular weight is 338 g/mol. The fourth-order valence-corrected chi connectivity index (χ4v) is 3.51. The normalized spacial score (nSPS) is 12.1. The molecule has 3 aromatic rings. The number of phenolic OH excluding ortho intramolecular Hbond substituents is 1. The molecule has 0 atom stereocenters. The molecule has 0 spiro atoms. The van der Waals surface area contributed by atoms with Crippen molar-refractivity contribution in [2.24, 2.45) is 0 Å².